The molecule has 5 heteroatoms. The Morgan fingerprint density at radius 3 is 1.59 bits per heavy atom. The van der Waals surface area contributed by atoms with E-state index in [-0.39, 0.29) is 18.0 Å². The number of unbranched alkanes of at least 4 members (excludes halogenated alkanes) is 13. The number of aliphatic hydroxyl groups excluding tert-OH is 1. The topological polar surface area (TPSA) is 72.8 Å². The van der Waals surface area contributed by atoms with E-state index < -0.39 is 6.10 Å². The molecule has 0 aromatic heterocycles. The Bertz CT molecular complexity index is 438. The number of hydrogen-bond donors (Lipinski definition) is 1. The van der Waals surface area contributed by atoms with Crippen LogP contribution in [0.25, 0.3) is 0 Å². The number of aliphatic hydroxyl groups is 1. The third-order valence-electron chi connectivity index (χ3n) is 6.15. The average Bonchev–Trinajstić information content (AvgIpc) is 2.79. The van der Waals surface area contributed by atoms with E-state index in [4.69, 9.17) is 4.74 Å². The minimum Gasteiger partial charge on any atom is -0.469 e. The lowest BCUT2D eigenvalue weighted by Crippen LogP contribution is -2.31. The van der Waals surface area contributed by atoms with Crippen LogP contribution in [0.5, 0.6) is 0 Å². The maximum atomic E-state index is 12.3. The average molecular weight is 457 g/mol. The predicted molar refractivity (Wildman–Crippen MR) is 132 cm³/mol. The van der Waals surface area contributed by atoms with Gasteiger partial charge in [0.25, 0.3) is 0 Å². The molecule has 0 bridgehead atoms. The molecule has 5 nitrogen and oxygen atoms in total. The molecule has 0 aromatic rings. The van der Waals surface area contributed by atoms with Crippen molar-refractivity contribution in [1.82, 2.24) is 0 Å². The van der Waals surface area contributed by atoms with Crippen LogP contribution in [0.1, 0.15) is 142 Å². The lowest BCUT2D eigenvalue weighted by molar-refractivity contribution is -0.156. The molecule has 2 atom stereocenters. The van der Waals surface area contributed by atoms with Gasteiger partial charge in [-0.25, -0.2) is 0 Å². The molecule has 0 saturated heterocycles. The first-order valence-corrected chi connectivity index (χ1v) is 13.5. The van der Waals surface area contributed by atoms with Gasteiger partial charge in [0, 0.05) is 12.8 Å². The molecule has 0 aliphatic heterocycles. The van der Waals surface area contributed by atoms with Crippen molar-refractivity contribution in [2.75, 3.05) is 7.11 Å². The monoisotopic (exact) mass is 456 g/mol. The molecular formula is C27H52O5. The number of hydrogen-bond acceptors (Lipinski definition) is 5. The standard InChI is InChI=1S/C27H52O5/c1-4-6-8-10-14-17-21-25(32-27(30)23-19-12-9-7-5-2)24(28)20-16-13-11-15-18-22-26(29)31-3/h24-25,28H,4-23H2,1-3H3. The first-order chi connectivity index (χ1) is 15.5. The Morgan fingerprint density at radius 1 is 0.625 bits per heavy atom. The van der Waals surface area contributed by atoms with Gasteiger partial charge < -0.3 is 14.6 Å². The molecule has 1 N–H and O–H groups in total. The normalized spacial score (nSPS) is 13.0. The van der Waals surface area contributed by atoms with E-state index >= 15 is 0 Å². The summed E-state index contributed by atoms with van der Waals surface area (Å²) in [6.07, 6.45) is 18.9. The van der Waals surface area contributed by atoms with Crippen LogP contribution in [-0.2, 0) is 19.1 Å². The summed E-state index contributed by atoms with van der Waals surface area (Å²) in [5.41, 5.74) is 0. The van der Waals surface area contributed by atoms with Crippen LogP contribution in [-0.4, -0.2) is 36.4 Å². The van der Waals surface area contributed by atoms with E-state index in [2.05, 4.69) is 18.6 Å². The van der Waals surface area contributed by atoms with E-state index in [1.54, 1.807) is 0 Å². The van der Waals surface area contributed by atoms with Crippen molar-refractivity contribution in [1.29, 1.82) is 0 Å². The van der Waals surface area contributed by atoms with Gasteiger partial charge in [0.2, 0.25) is 0 Å². The molecule has 190 valence electrons. The van der Waals surface area contributed by atoms with Crippen molar-refractivity contribution in [3.8, 4) is 0 Å². The van der Waals surface area contributed by atoms with E-state index in [0.29, 0.717) is 19.3 Å². The van der Waals surface area contributed by atoms with Crippen molar-refractivity contribution >= 4 is 11.9 Å². The largest absolute Gasteiger partial charge is 0.469 e. The maximum Gasteiger partial charge on any atom is 0.306 e. The number of methoxy groups -OCH3 is 1. The Labute approximate surface area is 198 Å². The minimum atomic E-state index is -0.579. The zero-order valence-electron chi connectivity index (χ0n) is 21.4. The van der Waals surface area contributed by atoms with Crippen LogP contribution in [0, 0.1) is 0 Å². The van der Waals surface area contributed by atoms with Gasteiger partial charge in [0.05, 0.1) is 13.2 Å². The zero-order valence-corrected chi connectivity index (χ0v) is 21.4. The fraction of sp³-hybridized carbons (Fsp3) is 0.926. The highest BCUT2D eigenvalue weighted by molar-refractivity contribution is 5.69. The first kappa shape index (κ1) is 30.9. The predicted octanol–water partition coefficient (Wildman–Crippen LogP) is 7.27. The summed E-state index contributed by atoms with van der Waals surface area (Å²) in [5, 5.41) is 10.7. The summed E-state index contributed by atoms with van der Waals surface area (Å²) in [6.45, 7) is 4.40. The number of carbonyl (C=O) groups excluding carboxylic acids is 2. The molecule has 0 aliphatic carbocycles. The Balaban J connectivity index is 4.23. The van der Waals surface area contributed by atoms with Crippen molar-refractivity contribution in [3.63, 3.8) is 0 Å². The second-order valence-electron chi connectivity index (χ2n) is 9.20. The van der Waals surface area contributed by atoms with Crippen LogP contribution >= 0.6 is 0 Å². The van der Waals surface area contributed by atoms with Crippen molar-refractivity contribution in [2.45, 2.75) is 154 Å². The summed E-state index contributed by atoms with van der Waals surface area (Å²) >= 11 is 0. The maximum absolute atomic E-state index is 12.3. The molecule has 0 saturated carbocycles. The van der Waals surface area contributed by atoms with E-state index in [1.165, 1.54) is 52.1 Å². The number of ether oxygens (including phenoxy) is 2. The number of carbonyl (C=O) groups is 2. The number of esters is 2. The highest BCUT2D eigenvalue weighted by Crippen LogP contribution is 2.19. The van der Waals surface area contributed by atoms with Gasteiger partial charge >= 0.3 is 11.9 Å². The third-order valence-corrected chi connectivity index (χ3v) is 6.15. The summed E-state index contributed by atoms with van der Waals surface area (Å²) in [7, 11) is 1.42. The van der Waals surface area contributed by atoms with Crippen LogP contribution in [0.2, 0.25) is 0 Å². The zero-order chi connectivity index (χ0) is 23.9. The van der Waals surface area contributed by atoms with Crippen LogP contribution < -0.4 is 0 Å². The third kappa shape index (κ3) is 19.6. The Morgan fingerprint density at radius 2 is 1.06 bits per heavy atom. The first-order valence-electron chi connectivity index (χ1n) is 13.5. The Hall–Kier alpha value is -1.10. The fourth-order valence-electron chi connectivity index (χ4n) is 4.00. The number of rotatable bonds is 23. The van der Waals surface area contributed by atoms with Gasteiger partial charge in [-0.05, 0) is 32.1 Å². The van der Waals surface area contributed by atoms with E-state index in [9.17, 15) is 14.7 Å². The fourth-order valence-corrected chi connectivity index (χ4v) is 4.00. The van der Waals surface area contributed by atoms with Gasteiger partial charge in [-0.15, -0.1) is 0 Å². The van der Waals surface area contributed by atoms with Crippen LogP contribution in [0.3, 0.4) is 0 Å². The highest BCUT2D eigenvalue weighted by atomic mass is 16.6. The molecular weight excluding hydrogens is 404 g/mol. The van der Waals surface area contributed by atoms with Crippen molar-refractivity contribution < 1.29 is 24.2 Å². The van der Waals surface area contributed by atoms with Gasteiger partial charge in [-0.2, -0.15) is 0 Å². The van der Waals surface area contributed by atoms with Crippen molar-refractivity contribution in [3.05, 3.63) is 0 Å². The summed E-state index contributed by atoms with van der Waals surface area (Å²) < 4.78 is 10.4. The molecule has 0 amide bonds. The van der Waals surface area contributed by atoms with Gasteiger partial charge in [0.15, 0.2) is 0 Å². The molecule has 0 spiro atoms. The molecule has 0 aliphatic rings. The summed E-state index contributed by atoms with van der Waals surface area (Å²) in [4.78, 5) is 23.4. The van der Waals surface area contributed by atoms with Gasteiger partial charge in [-0.1, -0.05) is 97.3 Å². The molecule has 0 rings (SSSR count). The smallest absolute Gasteiger partial charge is 0.306 e. The van der Waals surface area contributed by atoms with Crippen LogP contribution in [0.4, 0.5) is 0 Å². The second kappa shape index (κ2) is 23.1. The summed E-state index contributed by atoms with van der Waals surface area (Å²) in [5.74, 6) is -0.301. The second-order valence-corrected chi connectivity index (χ2v) is 9.20. The lowest BCUT2D eigenvalue weighted by atomic mass is 9.99. The molecule has 32 heavy (non-hydrogen) atoms. The van der Waals surface area contributed by atoms with E-state index in [0.717, 1.165) is 64.2 Å². The van der Waals surface area contributed by atoms with Crippen molar-refractivity contribution in [2.24, 2.45) is 0 Å². The molecule has 0 aromatic carbocycles. The van der Waals surface area contributed by atoms with Gasteiger partial charge in [0.1, 0.15) is 6.10 Å². The minimum absolute atomic E-state index is 0.148. The van der Waals surface area contributed by atoms with E-state index in [1.807, 2.05) is 0 Å². The molecule has 0 radical (unpaired) electrons. The highest BCUT2D eigenvalue weighted by Gasteiger charge is 2.22. The lowest BCUT2D eigenvalue weighted by Gasteiger charge is -2.23. The summed E-state index contributed by atoms with van der Waals surface area (Å²) in [6, 6.07) is 0. The molecule has 2 unspecified atom stereocenters. The Kier molecular flexibility index (Phi) is 22.3. The van der Waals surface area contributed by atoms with Gasteiger partial charge in [-0.3, -0.25) is 9.59 Å². The molecule has 0 heterocycles. The quantitative estimate of drug-likeness (QED) is 0.129. The SMILES string of the molecule is CCCCCCCCC(OC(=O)CCCCCCC)C(O)CCCCCCCC(=O)OC. The molecule has 0 fully saturated rings. The van der Waals surface area contributed by atoms with Crippen LogP contribution in [0.15, 0.2) is 0 Å².